The van der Waals surface area contributed by atoms with E-state index in [0.717, 1.165) is 31.4 Å². The second-order valence-corrected chi connectivity index (χ2v) is 6.77. The largest absolute Gasteiger partial charge is 0.382 e. The summed E-state index contributed by atoms with van der Waals surface area (Å²) < 4.78 is 0. The highest BCUT2D eigenvalue weighted by Gasteiger charge is 2.31. The van der Waals surface area contributed by atoms with Crippen LogP contribution in [0.5, 0.6) is 0 Å². The zero-order valence-corrected chi connectivity index (χ0v) is 14.2. The molecule has 1 heterocycles. The van der Waals surface area contributed by atoms with Crippen molar-refractivity contribution >= 4 is 11.6 Å². The highest BCUT2D eigenvalue weighted by Crippen LogP contribution is 2.29. The third-order valence-corrected chi connectivity index (χ3v) is 4.96. The van der Waals surface area contributed by atoms with E-state index in [-0.39, 0.29) is 11.9 Å². The molecule has 2 atom stereocenters. The van der Waals surface area contributed by atoms with Gasteiger partial charge in [0, 0.05) is 12.8 Å². The lowest BCUT2D eigenvalue weighted by Gasteiger charge is -2.27. The van der Waals surface area contributed by atoms with Gasteiger partial charge in [-0.2, -0.15) is 0 Å². The van der Waals surface area contributed by atoms with Crippen molar-refractivity contribution in [1.82, 2.24) is 5.32 Å². The zero-order chi connectivity index (χ0) is 17.1. The lowest BCUT2D eigenvalue weighted by Crippen LogP contribution is -2.38. The lowest BCUT2D eigenvalue weighted by molar-refractivity contribution is -0.132. The van der Waals surface area contributed by atoms with Gasteiger partial charge in [0.1, 0.15) is 0 Å². The predicted octanol–water partition coefficient (Wildman–Crippen LogP) is 3.57. The Morgan fingerprint density at radius 2 is 1.92 bits per heavy atom. The molecule has 4 nitrogen and oxygen atoms in total. The Balaban J connectivity index is 1.36. The monoisotopic (exact) mass is 334 g/mol. The number of oxime groups is 1. The third-order valence-electron chi connectivity index (χ3n) is 4.96. The number of hydrogen-bond donors (Lipinski definition) is 1. The van der Waals surface area contributed by atoms with Crippen LogP contribution in [0.3, 0.4) is 0 Å². The van der Waals surface area contributed by atoms with Gasteiger partial charge in [-0.05, 0) is 36.0 Å². The van der Waals surface area contributed by atoms with Gasteiger partial charge < -0.3 is 10.2 Å². The molecule has 2 aliphatic rings. The first kappa shape index (κ1) is 15.9. The van der Waals surface area contributed by atoms with Crippen molar-refractivity contribution in [1.29, 1.82) is 0 Å². The summed E-state index contributed by atoms with van der Waals surface area (Å²) in [4.78, 5) is 18.0. The van der Waals surface area contributed by atoms with Crippen molar-refractivity contribution in [2.45, 2.75) is 44.2 Å². The van der Waals surface area contributed by atoms with Crippen LogP contribution in [0.4, 0.5) is 0 Å². The van der Waals surface area contributed by atoms with E-state index in [2.05, 4.69) is 40.8 Å². The van der Waals surface area contributed by atoms with Crippen molar-refractivity contribution in [3.05, 3.63) is 71.3 Å². The molecule has 1 aliphatic carbocycles. The van der Waals surface area contributed by atoms with E-state index in [0.29, 0.717) is 6.42 Å². The maximum atomic E-state index is 12.6. The van der Waals surface area contributed by atoms with Crippen LogP contribution in [0, 0.1) is 0 Å². The van der Waals surface area contributed by atoms with Crippen LogP contribution in [-0.4, -0.2) is 17.7 Å². The quantitative estimate of drug-likeness (QED) is 0.929. The van der Waals surface area contributed by atoms with E-state index in [9.17, 15) is 4.79 Å². The number of rotatable bonds is 4. The highest BCUT2D eigenvalue weighted by atomic mass is 16.6. The van der Waals surface area contributed by atoms with Gasteiger partial charge in [-0.3, -0.25) is 4.79 Å². The van der Waals surface area contributed by atoms with E-state index in [4.69, 9.17) is 4.84 Å². The first-order valence-corrected chi connectivity index (χ1v) is 8.93. The molecular formula is C21H22N2O2. The summed E-state index contributed by atoms with van der Waals surface area (Å²) >= 11 is 0. The number of nitrogens with zero attached hydrogens (tertiary/aromatic N) is 1. The fourth-order valence-corrected chi connectivity index (χ4v) is 3.67. The standard InChI is InChI=1S/C21H22N2O2/c24-21(22-19-12-6-10-16-9-4-5-11-18(16)19)20-14-17(23-25-20)13-15-7-2-1-3-8-15/h1-5,7-9,11,19-20H,6,10,12-14H2,(H,22,24). The van der Waals surface area contributed by atoms with Gasteiger partial charge in [0.25, 0.3) is 5.91 Å². The number of benzene rings is 2. The number of aryl methyl sites for hydroxylation is 1. The van der Waals surface area contributed by atoms with Crippen molar-refractivity contribution < 1.29 is 9.63 Å². The molecule has 1 amide bonds. The highest BCUT2D eigenvalue weighted by molar-refractivity contribution is 5.94. The molecule has 0 spiro atoms. The average molecular weight is 334 g/mol. The van der Waals surface area contributed by atoms with E-state index >= 15 is 0 Å². The fraction of sp³-hybridized carbons (Fsp3) is 0.333. The third kappa shape index (κ3) is 3.58. The minimum atomic E-state index is -0.507. The molecule has 0 aromatic heterocycles. The first-order valence-electron chi connectivity index (χ1n) is 8.93. The van der Waals surface area contributed by atoms with Crippen molar-refractivity contribution in [3.63, 3.8) is 0 Å². The predicted molar refractivity (Wildman–Crippen MR) is 97.3 cm³/mol. The smallest absolute Gasteiger partial charge is 0.264 e. The SMILES string of the molecule is O=C(NC1CCCc2ccccc21)C1CC(Cc2ccccc2)=NO1. The maximum absolute atomic E-state index is 12.6. The van der Waals surface area contributed by atoms with E-state index in [1.807, 2.05) is 24.3 Å². The Bertz CT molecular complexity index is 785. The number of hydrogen-bond acceptors (Lipinski definition) is 3. The molecule has 0 saturated carbocycles. The number of amides is 1. The molecule has 1 aliphatic heterocycles. The number of nitrogens with one attached hydrogen (secondary N) is 1. The molecule has 2 unspecified atom stereocenters. The Kier molecular flexibility index (Phi) is 4.51. The number of fused-ring (bicyclic) bond motifs is 1. The molecule has 0 fully saturated rings. The fourth-order valence-electron chi connectivity index (χ4n) is 3.67. The molecule has 1 N–H and O–H groups in total. The van der Waals surface area contributed by atoms with Crippen molar-refractivity contribution in [2.24, 2.45) is 5.16 Å². The van der Waals surface area contributed by atoms with Crippen LogP contribution >= 0.6 is 0 Å². The van der Waals surface area contributed by atoms with Crippen molar-refractivity contribution in [2.75, 3.05) is 0 Å². The van der Waals surface area contributed by atoms with Gasteiger partial charge >= 0.3 is 0 Å². The van der Waals surface area contributed by atoms with Crippen LogP contribution in [-0.2, 0) is 22.5 Å². The second kappa shape index (κ2) is 7.09. The minimum Gasteiger partial charge on any atom is -0.382 e. The number of carbonyl (C=O) groups is 1. The van der Waals surface area contributed by atoms with E-state index in [1.165, 1.54) is 16.7 Å². The van der Waals surface area contributed by atoms with Gasteiger partial charge in [-0.15, -0.1) is 0 Å². The van der Waals surface area contributed by atoms with Crippen LogP contribution in [0.2, 0.25) is 0 Å². The topological polar surface area (TPSA) is 50.7 Å². The molecule has 0 saturated heterocycles. The van der Waals surface area contributed by atoms with Gasteiger partial charge in [0.2, 0.25) is 6.10 Å². The van der Waals surface area contributed by atoms with E-state index in [1.54, 1.807) is 0 Å². The van der Waals surface area contributed by atoms with Crippen LogP contribution < -0.4 is 5.32 Å². The molecule has 128 valence electrons. The Hall–Kier alpha value is -2.62. The molecule has 4 rings (SSSR count). The summed E-state index contributed by atoms with van der Waals surface area (Å²) in [6.07, 6.45) is 3.96. The molecular weight excluding hydrogens is 312 g/mol. The molecule has 2 aromatic rings. The zero-order valence-electron chi connectivity index (χ0n) is 14.2. The summed E-state index contributed by atoms with van der Waals surface area (Å²) in [6.45, 7) is 0. The molecule has 4 heteroatoms. The van der Waals surface area contributed by atoms with Crippen molar-refractivity contribution in [3.8, 4) is 0 Å². The summed E-state index contributed by atoms with van der Waals surface area (Å²) in [5.41, 5.74) is 4.69. The summed E-state index contributed by atoms with van der Waals surface area (Å²) in [7, 11) is 0. The average Bonchev–Trinajstić information content (AvgIpc) is 3.11. The summed E-state index contributed by atoms with van der Waals surface area (Å²) in [5, 5.41) is 7.29. The molecule has 0 radical (unpaired) electrons. The van der Waals surface area contributed by atoms with Crippen LogP contribution in [0.25, 0.3) is 0 Å². The second-order valence-electron chi connectivity index (χ2n) is 6.77. The van der Waals surface area contributed by atoms with Gasteiger partial charge in [0.05, 0.1) is 11.8 Å². The number of carbonyl (C=O) groups excluding carboxylic acids is 1. The normalized spacial score (nSPS) is 21.8. The Morgan fingerprint density at radius 1 is 1.12 bits per heavy atom. The Labute approximate surface area is 147 Å². The molecule has 2 aromatic carbocycles. The summed E-state index contributed by atoms with van der Waals surface area (Å²) in [6, 6.07) is 18.6. The summed E-state index contributed by atoms with van der Waals surface area (Å²) in [5.74, 6) is -0.0616. The van der Waals surface area contributed by atoms with E-state index < -0.39 is 6.10 Å². The lowest BCUT2D eigenvalue weighted by atomic mass is 9.87. The minimum absolute atomic E-state index is 0.0616. The van der Waals surface area contributed by atoms with Gasteiger partial charge in [-0.25, -0.2) is 0 Å². The first-order chi connectivity index (χ1) is 12.3. The van der Waals surface area contributed by atoms with Gasteiger partial charge in [-0.1, -0.05) is 59.8 Å². The maximum Gasteiger partial charge on any atom is 0.264 e. The van der Waals surface area contributed by atoms with Crippen LogP contribution in [0.1, 0.15) is 42.0 Å². The Morgan fingerprint density at radius 3 is 2.80 bits per heavy atom. The molecule has 0 bridgehead atoms. The van der Waals surface area contributed by atoms with Crippen LogP contribution in [0.15, 0.2) is 59.8 Å². The molecule has 25 heavy (non-hydrogen) atoms. The van der Waals surface area contributed by atoms with Gasteiger partial charge in [0.15, 0.2) is 0 Å².